The number of fused-ring (bicyclic) bond motifs is 20. The zero-order chi connectivity index (χ0) is 53.8. The molecule has 0 spiro atoms. The van der Waals surface area contributed by atoms with Gasteiger partial charge in [-0.15, -0.1) is 0 Å². The number of hydrogen-bond acceptors (Lipinski definition) is 6. The topological polar surface area (TPSA) is 109 Å². The maximum absolute atomic E-state index is 5.54. The van der Waals surface area contributed by atoms with E-state index in [9.17, 15) is 0 Å². The normalized spacial score (nSPS) is 13.0. The Hall–Kier alpha value is -5.92. The molecular formula is C64H90N12+4. The molecule has 0 aliphatic carbocycles. The summed E-state index contributed by atoms with van der Waals surface area (Å²) in [4.78, 5) is 40.2. The molecule has 0 radical (unpaired) electrons. The van der Waals surface area contributed by atoms with E-state index < -0.39 is 0 Å². The maximum Gasteiger partial charge on any atom is 0.164 e. The Morgan fingerprint density at radius 3 is 0.868 bits per heavy atom. The second-order valence-corrected chi connectivity index (χ2v) is 23.4. The van der Waals surface area contributed by atoms with Crippen LogP contribution in [-0.4, -0.2) is 165 Å². The van der Waals surface area contributed by atoms with Crippen LogP contribution in [0, 0.1) is 0 Å². The molecule has 0 amide bonds. The molecule has 0 saturated heterocycles. The molecule has 12 nitrogen and oxygen atoms in total. The highest BCUT2D eigenvalue weighted by Crippen LogP contribution is 2.39. The Balaban J connectivity index is 1.26. The summed E-state index contributed by atoms with van der Waals surface area (Å²) in [6, 6.07) is 27.3. The fraction of sp³-hybridized carbons (Fsp3) is 0.500. The van der Waals surface area contributed by atoms with Crippen LogP contribution in [0.1, 0.15) is 103 Å². The van der Waals surface area contributed by atoms with Crippen molar-refractivity contribution in [3.05, 3.63) is 95.1 Å². The molecule has 0 fully saturated rings. The first-order valence-electron chi connectivity index (χ1n) is 29.3. The first-order chi connectivity index (χ1) is 36.6. The van der Waals surface area contributed by atoms with Crippen molar-refractivity contribution < 1.29 is 17.9 Å². The van der Waals surface area contributed by atoms with Gasteiger partial charge < -0.3 is 27.9 Å². The van der Waals surface area contributed by atoms with E-state index in [0.717, 1.165) is 214 Å². The van der Waals surface area contributed by atoms with Gasteiger partial charge in [-0.25, -0.2) is 29.9 Å². The second kappa shape index (κ2) is 23.0. The van der Waals surface area contributed by atoms with Gasteiger partial charge in [-0.1, -0.05) is 48.5 Å². The van der Waals surface area contributed by atoms with E-state index in [1.165, 1.54) is 22.3 Å². The zero-order valence-electron chi connectivity index (χ0n) is 48.5. The van der Waals surface area contributed by atoms with Crippen molar-refractivity contribution in [2.75, 3.05) is 107 Å². The summed E-state index contributed by atoms with van der Waals surface area (Å²) >= 11 is 0. The molecule has 0 unspecified atom stereocenters. The number of benzene rings is 4. The Morgan fingerprint density at radius 2 is 0.566 bits per heavy atom. The summed E-state index contributed by atoms with van der Waals surface area (Å²) in [7, 11) is 9.49. The molecule has 5 heterocycles. The van der Waals surface area contributed by atoms with Crippen LogP contribution in [0.2, 0.25) is 0 Å². The van der Waals surface area contributed by atoms with Crippen molar-refractivity contribution in [2.45, 2.75) is 107 Å². The van der Waals surface area contributed by atoms with Crippen molar-refractivity contribution in [2.24, 2.45) is 0 Å². The number of nitrogens with one attached hydrogen (secondary N) is 2. The molecule has 402 valence electrons. The van der Waals surface area contributed by atoms with Gasteiger partial charge in [-0.3, -0.25) is 0 Å². The molecule has 3 aromatic heterocycles. The molecule has 2 aliphatic heterocycles. The summed E-state index contributed by atoms with van der Waals surface area (Å²) in [6.07, 6.45) is 8.36. The summed E-state index contributed by atoms with van der Waals surface area (Å²) in [6.45, 7) is 32.0. The Morgan fingerprint density at radius 1 is 0.303 bits per heavy atom. The summed E-state index contributed by atoms with van der Waals surface area (Å²) in [5, 5.41) is 4.07. The average molecular weight is 1030 g/mol. The zero-order valence-corrected chi connectivity index (χ0v) is 48.5. The third kappa shape index (κ3) is 11.7. The van der Waals surface area contributed by atoms with E-state index >= 15 is 0 Å². The average Bonchev–Trinajstić information content (AvgIpc) is 4.18. The number of nitrogens with zero attached hydrogens (tertiary/aromatic N) is 10. The third-order valence-electron chi connectivity index (χ3n) is 18.8. The van der Waals surface area contributed by atoms with Gasteiger partial charge in [0.1, 0.15) is 22.6 Å². The van der Waals surface area contributed by atoms with Gasteiger partial charge in [0, 0.05) is 69.5 Å². The largest absolute Gasteiger partial charge is 0.326 e. The van der Waals surface area contributed by atoms with Gasteiger partial charge in [-0.05, 0) is 128 Å². The molecular weight excluding hydrogens is 937 g/mol. The first kappa shape index (κ1) is 54.9. The molecule has 0 atom stereocenters. The lowest BCUT2D eigenvalue weighted by Crippen LogP contribution is -2.44. The van der Waals surface area contributed by atoms with Crippen LogP contribution in [0.4, 0.5) is 0 Å². The van der Waals surface area contributed by atoms with Crippen molar-refractivity contribution in [1.29, 1.82) is 0 Å². The van der Waals surface area contributed by atoms with Crippen molar-refractivity contribution in [3.63, 3.8) is 0 Å². The molecule has 0 saturated carbocycles. The fourth-order valence-corrected chi connectivity index (χ4v) is 11.4. The monoisotopic (exact) mass is 1030 g/mol. The number of aryl methyl sites for hydroxylation is 4. The summed E-state index contributed by atoms with van der Waals surface area (Å²) < 4.78 is 4.28. The van der Waals surface area contributed by atoms with E-state index in [-0.39, 0.29) is 0 Å². The molecule has 9 rings (SSSR count). The first-order valence-corrected chi connectivity index (χ1v) is 29.3. The van der Waals surface area contributed by atoms with E-state index in [2.05, 4.69) is 166 Å². The number of aromatic amines is 2. The molecule has 8 bridgehead atoms. The van der Waals surface area contributed by atoms with E-state index in [1.807, 2.05) is 0 Å². The lowest BCUT2D eigenvalue weighted by molar-refractivity contribution is -0.906. The van der Waals surface area contributed by atoms with Gasteiger partial charge in [0.25, 0.3) is 0 Å². The lowest BCUT2D eigenvalue weighted by Gasteiger charge is -2.32. The molecule has 2 aliphatic rings. The number of quaternary nitrogens is 4. The van der Waals surface area contributed by atoms with Crippen LogP contribution in [0.5, 0.6) is 0 Å². The van der Waals surface area contributed by atoms with Gasteiger partial charge in [0.05, 0.1) is 107 Å². The summed E-state index contributed by atoms with van der Waals surface area (Å²) in [5.41, 5.74) is 12.1. The minimum atomic E-state index is 0.639. The predicted molar refractivity (Wildman–Crippen MR) is 318 cm³/mol. The second-order valence-electron chi connectivity index (χ2n) is 23.4. The van der Waals surface area contributed by atoms with Crippen LogP contribution in [0.3, 0.4) is 0 Å². The SMILES string of the molecule is CC[N+](C)(CC)CCCc1ccc2c(c1)-c1nc-2nc2[nH]c(nc3nc(nc4[nH]c(n1)c1ccc(CCC[N+](C)(CC)CC)cc41)-c1cc(CCC[N+](C)(CC)CC)ccc1-3)c1cc(CCC[N+](C)(CC)CC)ccc21. The fourth-order valence-electron chi connectivity index (χ4n) is 11.4. The third-order valence-corrected chi connectivity index (χ3v) is 18.8. The minimum Gasteiger partial charge on any atom is -0.326 e. The van der Waals surface area contributed by atoms with Gasteiger partial charge >= 0.3 is 0 Å². The Kier molecular flexibility index (Phi) is 16.6. The van der Waals surface area contributed by atoms with Gasteiger partial charge in [0.15, 0.2) is 23.3 Å². The lowest BCUT2D eigenvalue weighted by atomic mass is 10.0. The molecule has 2 N–H and O–H groups in total. The Bertz CT molecular complexity index is 3350. The highest BCUT2D eigenvalue weighted by molar-refractivity contribution is 6.06. The molecule has 7 aromatic rings. The Labute approximate surface area is 454 Å². The summed E-state index contributed by atoms with van der Waals surface area (Å²) in [5.74, 6) is 2.59. The highest BCUT2D eigenvalue weighted by Gasteiger charge is 2.26. The minimum absolute atomic E-state index is 0.639. The maximum atomic E-state index is 5.54. The quantitative estimate of drug-likeness (QED) is 0.0584. The van der Waals surface area contributed by atoms with Crippen molar-refractivity contribution in [1.82, 2.24) is 39.9 Å². The van der Waals surface area contributed by atoms with Crippen LogP contribution in [0.25, 0.3) is 89.7 Å². The number of H-pyrrole nitrogens is 2. The van der Waals surface area contributed by atoms with Crippen LogP contribution in [-0.2, 0) is 25.7 Å². The highest BCUT2D eigenvalue weighted by atomic mass is 15.3. The van der Waals surface area contributed by atoms with E-state index in [4.69, 9.17) is 29.9 Å². The van der Waals surface area contributed by atoms with Crippen molar-refractivity contribution >= 4 is 44.1 Å². The van der Waals surface area contributed by atoms with Gasteiger partial charge in [-0.2, -0.15) is 0 Å². The molecule has 12 heteroatoms. The number of rotatable bonds is 24. The van der Waals surface area contributed by atoms with E-state index in [0.29, 0.717) is 23.3 Å². The smallest absolute Gasteiger partial charge is 0.164 e. The molecule has 76 heavy (non-hydrogen) atoms. The predicted octanol–water partition coefficient (Wildman–Crippen LogP) is 12.5. The van der Waals surface area contributed by atoms with Crippen molar-refractivity contribution in [3.8, 4) is 45.6 Å². The van der Waals surface area contributed by atoms with Crippen LogP contribution in [0.15, 0.2) is 72.8 Å². The van der Waals surface area contributed by atoms with Crippen LogP contribution < -0.4 is 0 Å². The molecule has 4 aromatic carbocycles. The van der Waals surface area contributed by atoms with E-state index in [1.54, 1.807) is 0 Å². The number of aromatic nitrogens is 8. The van der Waals surface area contributed by atoms with Gasteiger partial charge in [0.2, 0.25) is 0 Å². The van der Waals surface area contributed by atoms with Crippen LogP contribution >= 0.6 is 0 Å². The number of hydrogen-bond donors (Lipinski definition) is 2. The standard InChI is InChI=1S/C64H90N12/c1-13-73(9,14-2)37-21-25-45-29-33-49-53(41-45)61-66-57(49)65-58-50-34-30-46(26-22-38-74(10,15-3)16-4)42-54(50)62(67-58)69-60-52-36-32-48(28-24-40-76(12,19-7)20-8)44-56(52)64(71-60)72-63-55-43-47(27-23-39-75(11,17-5)18-6)31-35-51(55)59(68-61)70-63/h29-36,41-44H,13-28,37-40H2,1-12H3,(H2,65,66,67,68,69,70,71,72)/q+4.